The van der Waals surface area contributed by atoms with Gasteiger partial charge in [-0.25, -0.2) is 13.4 Å². The van der Waals surface area contributed by atoms with Gasteiger partial charge in [0.15, 0.2) is 15.8 Å². The molecule has 1 aromatic rings. The Morgan fingerprint density at radius 3 is 2.48 bits per heavy atom. The number of hydrogen-bond acceptors (Lipinski definition) is 4. The summed E-state index contributed by atoms with van der Waals surface area (Å²) in [5.74, 6) is 1.96. The average molecular weight is 339 g/mol. The van der Waals surface area contributed by atoms with Gasteiger partial charge in [-0.2, -0.15) is 0 Å². The van der Waals surface area contributed by atoms with Crippen molar-refractivity contribution in [2.75, 3.05) is 32.5 Å². The second kappa shape index (κ2) is 7.68. The van der Waals surface area contributed by atoms with E-state index in [0.29, 0.717) is 24.9 Å². The molecule has 1 aliphatic heterocycles. The predicted molar refractivity (Wildman–Crippen MR) is 91.5 cm³/mol. The van der Waals surface area contributed by atoms with Gasteiger partial charge in [0.25, 0.3) is 0 Å². The minimum atomic E-state index is -3.17. The fourth-order valence-electron chi connectivity index (χ4n) is 2.44. The number of sulfone groups is 1. The van der Waals surface area contributed by atoms with E-state index in [1.165, 1.54) is 18.4 Å². The Bertz CT molecular complexity index is 633. The number of ether oxygens (including phenoxy) is 1. The number of likely N-dealkylation sites (tertiary alicyclic amines) is 1. The first-order valence-electron chi connectivity index (χ1n) is 7.84. The predicted octanol–water partition coefficient (Wildman–Crippen LogP) is 1.52. The lowest BCUT2D eigenvalue weighted by molar-refractivity contribution is 0.276. The summed E-state index contributed by atoms with van der Waals surface area (Å²) < 4.78 is 28.3. The molecule has 23 heavy (non-hydrogen) atoms. The van der Waals surface area contributed by atoms with Crippen LogP contribution in [0.1, 0.15) is 19.8 Å². The Kier molecular flexibility index (Phi) is 5.87. The summed E-state index contributed by atoms with van der Waals surface area (Å²) in [5, 5.41) is 0. The molecule has 2 N–H and O–H groups in total. The lowest BCUT2D eigenvalue weighted by Gasteiger charge is -2.31. The number of hydrogen-bond donors (Lipinski definition) is 1. The molecular formula is C16H25N3O3S. The summed E-state index contributed by atoms with van der Waals surface area (Å²) in [5.41, 5.74) is 5.99. The van der Waals surface area contributed by atoms with E-state index in [9.17, 15) is 8.42 Å². The zero-order valence-electron chi connectivity index (χ0n) is 13.7. The van der Waals surface area contributed by atoms with Crippen molar-refractivity contribution in [3.8, 4) is 5.75 Å². The molecule has 0 atom stereocenters. The highest BCUT2D eigenvalue weighted by molar-refractivity contribution is 7.90. The van der Waals surface area contributed by atoms with Crippen molar-refractivity contribution in [3.05, 3.63) is 24.3 Å². The molecule has 0 aliphatic carbocycles. The van der Waals surface area contributed by atoms with Crippen LogP contribution in [0.25, 0.3) is 0 Å². The molecule has 0 bridgehead atoms. The highest BCUT2D eigenvalue weighted by Crippen LogP contribution is 2.16. The van der Waals surface area contributed by atoms with Gasteiger partial charge >= 0.3 is 0 Å². The van der Waals surface area contributed by atoms with Crippen LogP contribution in [0.15, 0.2) is 34.2 Å². The second-order valence-electron chi connectivity index (χ2n) is 6.00. The molecule has 1 aromatic carbocycles. The van der Waals surface area contributed by atoms with E-state index < -0.39 is 9.84 Å². The summed E-state index contributed by atoms with van der Waals surface area (Å²) in [4.78, 5) is 6.74. The lowest BCUT2D eigenvalue weighted by Crippen LogP contribution is -2.42. The van der Waals surface area contributed by atoms with Crippen LogP contribution >= 0.6 is 0 Å². The molecule has 0 amide bonds. The quantitative estimate of drug-likeness (QED) is 0.499. The van der Waals surface area contributed by atoms with Gasteiger partial charge in [0.2, 0.25) is 0 Å². The maximum atomic E-state index is 11.4. The van der Waals surface area contributed by atoms with E-state index in [0.717, 1.165) is 31.8 Å². The van der Waals surface area contributed by atoms with Crippen LogP contribution < -0.4 is 10.5 Å². The Labute approximate surface area is 138 Å². The minimum Gasteiger partial charge on any atom is -0.492 e. The first kappa shape index (κ1) is 17.6. The zero-order valence-corrected chi connectivity index (χ0v) is 14.6. The van der Waals surface area contributed by atoms with Crippen LogP contribution in [0.2, 0.25) is 0 Å². The van der Waals surface area contributed by atoms with Crippen molar-refractivity contribution in [1.29, 1.82) is 0 Å². The van der Waals surface area contributed by atoms with E-state index in [-0.39, 0.29) is 4.90 Å². The Morgan fingerprint density at radius 1 is 1.30 bits per heavy atom. The highest BCUT2D eigenvalue weighted by Gasteiger charge is 2.16. The number of rotatable bonds is 5. The first-order chi connectivity index (χ1) is 10.9. The number of nitrogens with two attached hydrogens (primary N) is 1. The molecule has 1 heterocycles. The molecule has 0 spiro atoms. The summed E-state index contributed by atoms with van der Waals surface area (Å²) in [6, 6.07) is 6.37. The maximum absolute atomic E-state index is 11.4. The standard InChI is InChI=1S/C16H25N3O3S/c1-13-7-10-19(11-8-13)16(17)18-9-12-22-14-3-5-15(6-4-14)23(2,20)21/h3-6,13H,7-12H2,1-2H3,(H2,17,18). The number of benzene rings is 1. The molecule has 0 aromatic heterocycles. The van der Waals surface area contributed by atoms with Crippen LogP contribution in [-0.4, -0.2) is 51.8 Å². The largest absolute Gasteiger partial charge is 0.492 e. The van der Waals surface area contributed by atoms with E-state index in [1.54, 1.807) is 12.1 Å². The van der Waals surface area contributed by atoms with Crippen LogP contribution in [0, 0.1) is 5.92 Å². The normalized spacial score (nSPS) is 17.3. The second-order valence-corrected chi connectivity index (χ2v) is 8.02. The van der Waals surface area contributed by atoms with Crippen molar-refractivity contribution >= 4 is 15.8 Å². The first-order valence-corrected chi connectivity index (χ1v) is 9.73. The van der Waals surface area contributed by atoms with Crippen molar-refractivity contribution in [3.63, 3.8) is 0 Å². The molecule has 7 heteroatoms. The molecule has 1 fully saturated rings. The van der Waals surface area contributed by atoms with Gasteiger partial charge in [-0.05, 0) is 43.0 Å². The average Bonchev–Trinajstić information content (AvgIpc) is 2.51. The molecule has 0 saturated carbocycles. The van der Waals surface area contributed by atoms with E-state index in [1.807, 2.05) is 0 Å². The third-order valence-electron chi connectivity index (χ3n) is 3.99. The SMILES string of the molecule is CC1CCN(C(N)=NCCOc2ccc(S(C)(=O)=O)cc2)CC1. The third kappa shape index (κ3) is 5.42. The third-order valence-corrected chi connectivity index (χ3v) is 5.12. The molecule has 2 rings (SSSR count). The highest BCUT2D eigenvalue weighted by atomic mass is 32.2. The topological polar surface area (TPSA) is 85.0 Å². The van der Waals surface area contributed by atoms with Gasteiger partial charge in [0, 0.05) is 19.3 Å². The van der Waals surface area contributed by atoms with Crippen molar-refractivity contribution in [2.24, 2.45) is 16.6 Å². The van der Waals surface area contributed by atoms with Gasteiger partial charge in [-0.15, -0.1) is 0 Å². The van der Waals surface area contributed by atoms with E-state index in [4.69, 9.17) is 10.5 Å². The van der Waals surface area contributed by atoms with Crippen LogP contribution in [-0.2, 0) is 9.84 Å². The fraction of sp³-hybridized carbons (Fsp3) is 0.562. The van der Waals surface area contributed by atoms with E-state index >= 15 is 0 Å². The number of nitrogens with zero attached hydrogens (tertiary/aromatic N) is 2. The van der Waals surface area contributed by atoms with Gasteiger partial charge in [0.05, 0.1) is 11.4 Å². The smallest absolute Gasteiger partial charge is 0.191 e. The zero-order chi connectivity index (χ0) is 16.9. The van der Waals surface area contributed by atoms with Crippen LogP contribution in [0.5, 0.6) is 5.75 Å². The van der Waals surface area contributed by atoms with Crippen molar-refractivity contribution in [1.82, 2.24) is 4.90 Å². The summed E-state index contributed by atoms with van der Waals surface area (Å²) in [7, 11) is -3.17. The lowest BCUT2D eigenvalue weighted by atomic mass is 10.00. The Hall–Kier alpha value is -1.76. The maximum Gasteiger partial charge on any atom is 0.191 e. The fourth-order valence-corrected chi connectivity index (χ4v) is 3.07. The summed E-state index contributed by atoms with van der Waals surface area (Å²) in [6.07, 6.45) is 3.49. The molecule has 1 aliphatic rings. The monoisotopic (exact) mass is 339 g/mol. The molecule has 0 unspecified atom stereocenters. The van der Waals surface area contributed by atoms with Gasteiger partial charge in [-0.1, -0.05) is 6.92 Å². The minimum absolute atomic E-state index is 0.284. The molecular weight excluding hydrogens is 314 g/mol. The number of aliphatic imine (C=N–C) groups is 1. The number of piperidine rings is 1. The van der Waals surface area contributed by atoms with Gasteiger partial charge in [-0.3, -0.25) is 0 Å². The Balaban J connectivity index is 1.77. The molecule has 6 nitrogen and oxygen atoms in total. The molecule has 0 radical (unpaired) electrons. The summed E-state index contributed by atoms with van der Waals surface area (Å²) >= 11 is 0. The molecule has 128 valence electrons. The summed E-state index contributed by atoms with van der Waals surface area (Å²) in [6.45, 7) is 5.07. The van der Waals surface area contributed by atoms with Crippen LogP contribution in [0.3, 0.4) is 0 Å². The van der Waals surface area contributed by atoms with E-state index in [2.05, 4.69) is 16.8 Å². The van der Waals surface area contributed by atoms with Gasteiger partial charge in [0.1, 0.15) is 12.4 Å². The van der Waals surface area contributed by atoms with Crippen molar-refractivity contribution < 1.29 is 13.2 Å². The van der Waals surface area contributed by atoms with Crippen molar-refractivity contribution in [2.45, 2.75) is 24.7 Å². The Morgan fingerprint density at radius 2 is 1.91 bits per heavy atom. The number of guanidine groups is 1. The molecule has 1 saturated heterocycles. The van der Waals surface area contributed by atoms with Crippen LogP contribution in [0.4, 0.5) is 0 Å². The van der Waals surface area contributed by atoms with Gasteiger partial charge < -0.3 is 15.4 Å².